The van der Waals surface area contributed by atoms with Gasteiger partial charge in [0.15, 0.2) is 11.4 Å². The van der Waals surface area contributed by atoms with Crippen molar-refractivity contribution in [1.29, 1.82) is 0 Å². The van der Waals surface area contributed by atoms with Gasteiger partial charge >= 0.3 is 0 Å². The largest absolute Gasteiger partial charge is 0.380 e. The van der Waals surface area contributed by atoms with E-state index in [0.29, 0.717) is 28.8 Å². The number of imidazole rings is 1. The van der Waals surface area contributed by atoms with E-state index in [-0.39, 0.29) is 28.9 Å². The number of fused-ring (bicyclic) bond motifs is 3. The molecule has 1 saturated carbocycles. The van der Waals surface area contributed by atoms with Crippen molar-refractivity contribution in [3.8, 4) is 0 Å². The van der Waals surface area contributed by atoms with Gasteiger partial charge in [0, 0.05) is 24.4 Å². The molecule has 0 radical (unpaired) electrons. The van der Waals surface area contributed by atoms with Crippen molar-refractivity contribution in [1.82, 2.24) is 14.5 Å². The Labute approximate surface area is 138 Å². The lowest BCUT2D eigenvalue weighted by molar-refractivity contribution is -0.110. The Hall–Kier alpha value is -1.95. The molecule has 120 valence electrons. The van der Waals surface area contributed by atoms with Crippen LogP contribution in [-0.4, -0.2) is 32.6 Å². The number of hydrogen-bond acceptors (Lipinski definition) is 5. The lowest BCUT2D eigenvalue weighted by Crippen LogP contribution is -2.27. The molecule has 1 N–H and O–H groups in total. The van der Waals surface area contributed by atoms with Crippen molar-refractivity contribution >= 4 is 40.5 Å². The number of anilines is 1. The van der Waals surface area contributed by atoms with Crippen molar-refractivity contribution < 1.29 is 9.59 Å². The second-order valence-corrected chi connectivity index (χ2v) is 6.87. The summed E-state index contributed by atoms with van der Waals surface area (Å²) >= 11 is 6.29. The van der Waals surface area contributed by atoms with E-state index in [1.807, 2.05) is 11.5 Å². The lowest BCUT2D eigenvalue weighted by atomic mass is 9.99. The van der Waals surface area contributed by atoms with Gasteiger partial charge in [0.05, 0.1) is 17.6 Å². The quantitative estimate of drug-likeness (QED) is 0.675. The molecule has 7 heteroatoms. The first-order valence-corrected chi connectivity index (χ1v) is 8.27. The predicted octanol–water partition coefficient (Wildman–Crippen LogP) is 3.01. The number of aldehydes is 1. The van der Waals surface area contributed by atoms with Crippen LogP contribution in [0.15, 0.2) is 6.33 Å². The molecule has 0 spiro atoms. The highest BCUT2D eigenvalue weighted by Crippen LogP contribution is 2.39. The molecule has 0 amide bonds. The Morgan fingerprint density at radius 2 is 2.26 bits per heavy atom. The van der Waals surface area contributed by atoms with E-state index in [4.69, 9.17) is 11.6 Å². The molecule has 0 saturated heterocycles. The molecule has 3 unspecified atom stereocenters. The number of rotatable bonds is 2. The number of nitrogens with one attached hydrogen (secondary N) is 1. The number of halogens is 1. The Kier molecular flexibility index (Phi) is 3.37. The van der Waals surface area contributed by atoms with Gasteiger partial charge in [0.25, 0.3) is 0 Å². The molecule has 3 atom stereocenters. The number of hydrogen-bond donors (Lipinski definition) is 1. The van der Waals surface area contributed by atoms with Crippen LogP contribution < -0.4 is 5.32 Å². The Bertz CT molecular complexity index is 816. The molecule has 1 aliphatic heterocycles. The molecule has 2 aliphatic rings. The minimum atomic E-state index is 0.00193. The van der Waals surface area contributed by atoms with Crippen molar-refractivity contribution in [3.63, 3.8) is 0 Å². The first-order chi connectivity index (χ1) is 11.1. The standard InChI is InChI=1S/C16H17ClN4O2/c1-8-4-11(23)12-13(19-8)14-16(20-15(12)17)21(7-18-14)10-3-2-9(5-10)6-22/h6-10,19H,2-5H2,1H3. The number of pyridine rings is 1. The molecular formula is C16H17ClN4O2. The molecule has 4 rings (SSSR count). The molecule has 6 nitrogen and oxygen atoms in total. The highest BCUT2D eigenvalue weighted by Gasteiger charge is 2.31. The third-order valence-corrected chi connectivity index (χ3v) is 5.13. The minimum absolute atomic E-state index is 0.00193. The normalized spacial score (nSPS) is 27.0. The minimum Gasteiger partial charge on any atom is -0.380 e. The summed E-state index contributed by atoms with van der Waals surface area (Å²) in [6.45, 7) is 1.96. The summed E-state index contributed by atoms with van der Waals surface area (Å²) in [5.41, 5.74) is 2.49. The molecule has 1 aliphatic carbocycles. The molecule has 2 aromatic heterocycles. The number of aromatic nitrogens is 3. The van der Waals surface area contributed by atoms with Gasteiger partial charge in [-0.2, -0.15) is 0 Å². The SMILES string of the molecule is CC1CC(=O)c2c(Cl)nc3c(ncn3C3CCC(C=O)C3)c2N1. The number of ketones is 1. The Morgan fingerprint density at radius 3 is 3.00 bits per heavy atom. The maximum atomic E-state index is 12.3. The van der Waals surface area contributed by atoms with E-state index in [1.54, 1.807) is 6.33 Å². The van der Waals surface area contributed by atoms with Gasteiger partial charge in [-0.05, 0) is 26.2 Å². The van der Waals surface area contributed by atoms with Gasteiger partial charge < -0.3 is 14.7 Å². The summed E-state index contributed by atoms with van der Waals surface area (Å²) in [5, 5.41) is 3.55. The van der Waals surface area contributed by atoms with Crippen LogP contribution in [0.2, 0.25) is 5.15 Å². The number of Topliss-reactive ketones (excluding diaryl/α,β-unsaturated/α-hetero) is 1. The maximum absolute atomic E-state index is 12.3. The fourth-order valence-corrected chi connectivity index (χ4v) is 4.00. The van der Waals surface area contributed by atoms with Crippen LogP contribution in [0.25, 0.3) is 11.2 Å². The topological polar surface area (TPSA) is 76.9 Å². The Morgan fingerprint density at radius 1 is 1.43 bits per heavy atom. The maximum Gasteiger partial charge on any atom is 0.170 e. The second kappa shape index (κ2) is 5.30. The predicted molar refractivity (Wildman–Crippen MR) is 87.0 cm³/mol. The van der Waals surface area contributed by atoms with Gasteiger partial charge in [0.2, 0.25) is 0 Å². The van der Waals surface area contributed by atoms with Crippen LogP contribution in [0.3, 0.4) is 0 Å². The molecule has 0 aromatic carbocycles. The van der Waals surface area contributed by atoms with Crippen LogP contribution in [0, 0.1) is 5.92 Å². The van der Waals surface area contributed by atoms with Gasteiger partial charge in [0.1, 0.15) is 17.0 Å². The molecule has 23 heavy (non-hydrogen) atoms. The summed E-state index contributed by atoms with van der Waals surface area (Å²) < 4.78 is 2.00. The number of nitrogens with zero attached hydrogens (tertiary/aromatic N) is 3. The van der Waals surface area contributed by atoms with Crippen LogP contribution in [0.4, 0.5) is 5.69 Å². The van der Waals surface area contributed by atoms with E-state index in [2.05, 4.69) is 15.3 Å². The molecule has 1 fully saturated rings. The van der Waals surface area contributed by atoms with Crippen molar-refractivity contribution in [2.24, 2.45) is 5.92 Å². The van der Waals surface area contributed by atoms with Crippen molar-refractivity contribution in [2.45, 2.75) is 44.7 Å². The summed E-state index contributed by atoms with van der Waals surface area (Å²) in [6.07, 6.45) is 5.80. The highest BCUT2D eigenvalue weighted by atomic mass is 35.5. The second-order valence-electron chi connectivity index (χ2n) is 6.51. The van der Waals surface area contributed by atoms with E-state index in [0.717, 1.165) is 25.5 Å². The van der Waals surface area contributed by atoms with Gasteiger partial charge in [-0.3, -0.25) is 4.79 Å². The number of carbonyl (C=O) groups is 2. The van der Waals surface area contributed by atoms with Gasteiger partial charge in [-0.1, -0.05) is 11.6 Å². The van der Waals surface area contributed by atoms with E-state index < -0.39 is 0 Å². The van der Waals surface area contributed by atoms with E-state index in [9.17, 15) is 9.59 Å². The summed E-state index contributed by atoms with van der Waals surface area (Å²) in [4.78, 5) is 32.2. The summed E-state index contributed by atoms with van der Waals surface area (Å²) in [6, 6.07) is 0.251. The Balaban J connectivity index is 1.85. The van der Waals surface area contributed by atoms with Crippen molar-refractivity contribution in [2.75, 3.05) is 5.32 Å². The third kappa shape index (κ3) is 2.24. The fraction of sp³-hybridized carbons (Fsp3) is 0.500. The average Bonchev–Trinajstić information content (AvgIpc) is 3.12. The molecule has 0 bridgehead atoms. The molecule has 3 heterocycles. The summed E-state index contributed by atoms with van der Waals surface area (Å²) in [7, 11) is 0. The third-order valence-electron chi connectivity index (χ3n) is 4.86. The fourth-order valence-electron chi connectivity index (χ4n) is 3.72. The van der Waals surface area contributed by atoms with Crippen LogP contribution in [0.1, 0.15) is 49.0 Å². The monoisotopic (exact) mass is 332 g/mol. The average molecular weight is 333 g/mol. The van der Waals surface area contributed by atoms with Crippen LogP contribution >= 0.6 is 11.6 Å². The molecular weight excluding hydrogens is 316 g/mol. The zero-order chi connectivity index (χ0) is 16.1. The number of carbonyl (C=O) groups excluding carboxylic acids is 2. The van der Waals surface area contributed by atoms with Crippen molar-refractivity contribution in [3.05, 3.63) is 17.0 Å². The first kappa shape index (κ1) is 14.6. The van der Waals surface area contributed by atoms with E-state index >= 15 is 0 Å². The van der Waals surface area contributed by atoms with Crippen LogP contribution in [0.5, 0.6) is 0 Å². The zero-order valence-electron chi connectivity index (χ0n) is 12.8. The van der Waals surface area contributed by atoms with Gasteiger partial charge in [-0.15, -0.1) is 0 Å². The lowest BCUT2D eigenvalue weighted by Gasteiger charge is -2.24. The van der Waals surface area contributed by atoms with E-state index in [1.165, 1.54) is 0 Å². The highest BCUT2D eigenvalue weighted by molar-refractivity contribution is 6.34. The van der Waals surface area contributed by atoms with Crippen LogP contribution in [-0.2, 0) is 4.79 Å². The zero-order valence-corrected chi connectivity index (χ0v) is 13.5. The smallest absolute Gasteiger partial charge is 0.170 e. The van der Waals surface area contributed by atoms with Gasteiger partial charge in [-0.25, -0.2) is 9.97 Å². The summed E-state index contributed by atoms with van der Waals surface area (Å²) in [5.74, 6) is 0.104. The molecule has 2 aromatic rings. The first-order valence-electron chi connectivity index (χ1n) is 7.89.